The predicted octanol–water partition coefficient (Wildman–Crippen LogP) is 2.34. The third kappa shape index (κ3) is 2.07. The first kappa shape index (κ1) is 11.5. The molecular weight excluding hydrogens is 224 g/mol. The van der Waals surface area contributed by atoms with E-state index in [1.165, 1.54) is 12.8 Å². The molecule has 2 heterocycles. The van der Waals surface area contributed by atoms with Crippen LogP contribution in [-0.4, -0.2) is 22.6 Å². The number of rotatable bonds is 2. The Hall–Kier alpha value is -1.03. The highest BCUT2D eigenvalue weighted by atomic mass is 35.5. The van der Waals surface area contributed by atoms with E-state index in [2.05, 4.69) is 28.7 Å². The van der Waals surface area contributed by atoms with Crippen molar-refractivity contribution < 1.29 is 0 Å². The zero-order valence-corrected chi connectivity index (χ0v) is 10.4. The van der Waals surface area contributed by atoms with Crippen LogP contribution in [0.25, 0.3) is 0 Å². The van der Waals surface area contributed by atoms with Crippen molar-refractivity contribution >= 4 is 23.1 Å². The maximum Gasteiger partial charge on any atom is 0.224 e. The van der Waals surface area contributed by atoms with Crippen molar-refractivity contribution in [1.29, 1.82) is 0 Å². The number of nitrogens with zero attached hydrogens (tertiary/aromatic N) is 3. The summed E-state index contributed by atoms with van der Waals surface area (Å²) in [6, 6.07) is 0.508. The minimum absolute atomic E-state index is 0.263. The molecule has 1 atom stereocenters. The molecular formula is C11H17ClN4. The molecule has 1 aromatic rings. The van der Waals surface area contributed by atoms with E-state index in [-0.39, 0.29) is 5.28 Å². The van der Waals surface area contributed by atoms with Gasteiger partial charge in [0.2, 0.25) is 5.28 Å². The first-order valence-electron chi connectivity index (χ1n) is 5.64. The van der Waals surface area contributed by atoms with Gasteiger partial charge >= 0.3 is 0 Å². The van der Waals surface area contributed by atoms with Gasteiger partial charge in [-0.3, -0.25) is 0 Å². The molecule has 0 saturated carbocycles. The lowest BCUT2D eigenvalue weighted by Gasteiger charge is -2.29. The standard InChI is InChI=1S/C11H17ClN4/c1-7(2)9-4-3-5-16(9)10-8(13)6-14-11(12)15-10/h6-7,9H,3-5,13H2,1-2H3. The van der Waals surface area contributed by atoms with Crippen LogP contribution in [-0.2, 0) is 0 Å². The fourth-order valence-corrected chi connectivity index (χ4v) is 2.47. The van der Waals surface area contributed by atoms with Gasteiger partial charge in [0.05, 0.1) is 11.9 Å². The number of hydrogen-bond acceptors (Lipinski definition) is 4. The summed E-state index contributed by atoms with van der Waals surface area (Å²) < 4.78 is 0. The third-order valence-corrected chi connectivity index (χ3v) is 3.29. The Labute approximate surface area is 101 Å². The Morgan fingerprint density at radius 2 is 2.31 bits per heavy atom. The van der Waals surface area contributed by atoms with E-state index in [1.807, 2.05) is 0 Å². The predicted molar refractivity (Wildman–Crippen MR) is 66.7 cm³/mol. The molecule has 0 aromatic carbocycles. The Morgan fingerprint density at radius 1 is 1.56 bits per heavy atom. The molecule has 0 amide bonds. The average molecular weight is 241 g/mol. The van der Waals surface area contributed by atoms with Crippen LogP contribution in [0.5, 0.6) is 0 Å². The molecule has 1 saturated heterocycles. The summed E-state index contributed by atoms with van der Waals surface area (Å²) in [4.78, 5) is 10.4. The van der Waals surface area contributed by atoms with Crippen LogP contribution in [0.2, 0.25) is 5.28 Å². The lowest BCUT2D eigenvalue weighted by Crippen LogP contribution is -2.34. The number of hydrogen-bond donors (Lipinski definition) is 1. The Bertz CT molecular complexity index is 380. The monoisotopic (exact) mass is 240 g/mol. The smallest absolute Gasteiger partial charge is 0.224 e. The van der Waals surface area contributed by atoms with Crippen molar-refractivity contribution in [2.24, 2.45) is 5.92 Å². The van der Waals surface area contributed by atoms with Gasteiger partial charge in [-0.1, -0.05) is 13.8 Å². The third-order valence-electron chi connectivity index (χ3n) is 3.11. The van der Waals surface area contributed by atoms with Gasteiger partial charge in [0.1, 0.15) is 0 Å². The molecule has 0 bridgehead atoms. The van der Waals surface area contributed by atoms with Crippen molar-refractivity contribution in [3.05, 3.63) is 11.5 Å². The van der Waals surface area contributed by atoms with E-state index in [9.17, 15) is 0 Å². The van der Waals surface area contributed by atoms with Crippen molar-refractivity contribution in [2.45, 2.75) is 32.7 Å². The number of aromatic nitrogens is 2. The van der Waals surface area contributed by atoms with E-state index in [4.69, 9.17) is 17.3 Å². The minimum atomic E-state index is 0.263. The molecule has 16 heavy (non-hydrogen) atoms. The molecule has 0 spiro atoms. The molecule has 4 nitrogen and oxygen atoms in total. The molecule has 1 unspecified atom stereocenters. The highest BCUT2D eigenvalue weighted by Crippen LogP contribution is 2.31. The molecule has 88 valence electrons. The molecule has 0 aliphatic carbocycles. The normalized spacial score (nSPS) is 20.8. The number of anilines is 2. The van der Waals surface area contributed by atoms with Crippen molar-refractivity contribution in [2.75, 3.05) is 17.2 Å². The molecule has 1 aliphatic heterocycles. The van der Waals surface area contributed by atoms with Gasteiger partial charge in [0.15, 0.2) is 5.82 Å². The molecule has 1 aliphatic rings. The van der Waals surface area contributed by atoms with Crippen LogP contribution in [0, 0.1) is 5.92 Å². The summed E-state index contributed by atoms with van der Waals surface area (Å²) in [6.07, 6.45) is 3.96. The van der Waals surface area contributed by atoms with Crippen LogP contribution >= 0.6 is 11.6 Å². The fraction of sp³-hybridized carbons (Fsp3) is 0.636. The maximum atomic E-state index is 5.91. The average Bonchev–Trinajstić information content (AvgIpc) is 2.70. The fourth-order valence-electron chi connectivity index (χ4n) is 2.34. The van der Waals surface area contributed by atoms with E-state index >= 15 is 0 Å². The second kappa shape index (κ2) is 4.45. The first-order valence-corrected chi connectivity index (χ1v) is 6.02. The second-order valence-corrected chi connectivity index (χ2v) is 4.90. The van der Waals surface area contributed by atoms with E-state index in [0.29, 0.717) is 17.6 Å². The topological polar surface area (TPSA) is 55.0 Å². The van der Waals surface area contributed by atoms with E-state index in [1.54, 1.807) is 6.20 Å². The summed E-state index contributed by atoms with van der Waals surface area (Å²) >= 11 is 5.82. The summed E-state index contributed by atoms with van der Waals surface area (Å²) in [6.45, 7) is 5.45. The Morgan fingerprint density at radius 3 is 3.00 bits per heavy atom. The lowest BCUT2D eigenvalue weighted by molar-refractivity contribution is 0.490. The lowest BCUT2D eigenvalue weighted by atomic mass is 10.0. The Kier molecular flexibility index (Phi) is 3.19. The van der Waals surface area contributed by atoms with Gasteiger partial charge in [-0.2, -0.15) is 4.98 Å². The molecule has 0 radical (unpaired) electrons. The van der Waals surface area contributed by atoms with E-state index in [0.717, 1.165) is 12.4 Å². The zero-order chi connectivity index (χ0) is 11.7. The van der Waals surface area contributed by atoms with Gasteiger partial charge in [-0.15, -0.1) is 0 Å². The Balaban J connectivity index is 2.32. The molecule has 2 rings (SSSR count). The van der Waals surface area contributed by atoms with Crippen molar-refractivity contribution in [1.82, 2.24) is 9.97 Å². The molecule has 2 N–H and O–H groups in total. The summed E-state index contributed by atoms with van der Waals surface area (Å²) in [5.74, 6) is 1.38. The van der Waals surface area contributed by atoms with Gasteiger partial charge in [-0.05, 0) is 30.4 Å². The van der Waals surface area contributed by atoms with Crippen LogP contribution in [0.1, 0.15) is 26.7 Å². The zero-order valence-electron chi connectivity index (χ0n) is 9.65. The quantitative estimate of drug-likeness (QED) is 0.807. The molecule has 1 aromatic heterocycles. The van der Waals surface area contributed by atoms with Crippen LogP contribution in [0.4, 0.5) is 11.5 Å². The summed E-state index contributed by atoms with van der Waals surface area (Å²) in [5, 5.41) is 0.263. The number of nitrogens with two attached hydrogens (primary N) is 1. The summed E-state index contributed by atoms with van der Waals surface area (Å²) in [7, 11) is 0. The summed E-state index contributed by atoms with van der Waals surface area (Å²) in [5.41, 5.74) is 6.51. The highest BCUT2D eigenvalue weighted by molar-refractivity contribution is 6.28. The molecule has 1 fully saturated rings. The van der Waals surface area contributed by atoms with Gasteiger partial charge in [0, 0.05) is 12.6 Å². The van der Waals surface area contributed by atoms with Gasteiger partial charge < -0.3 is 10.6 Å². The van der Waals surface area contributed by atoms with Crippen LogP contribution in [0.15, 0.2) is 6.20 Å². The molecule has 5 heteroatoms. The second-order valence-electron chi connectivity index (χ2n) is 4.56. The van der Waals surface area contributed by atoms with Crippen molar-refractivity contribution in [3.8, 4) is 0 Å². The number of nitrogen functional groups attached to an aromatic ring is 1. The van der Waals surface area contributed by atoms with Gasteiger partial charge in [0.25, 0.3) is 0 Å². The highest BCUT2D eigenvalue weighted by Gasteiger charge is 2.29. The minimum Gasteiger partial charge on any atom is -0.394 e. The first-order chi connectivity index (χ1) is 7.59. The van der Waals surface area contributed by atoms with Crippen LogP contribution < -0.4 is 10.6 Å². The largest absolute Gasteiger partial charge is 0.394 e. The van der Waals surface area contributed by atoms with E-state index < -0.39 is 0 Å². The van der Waals surface area contributed by atoms with Gasteiger partial charge in [-0.25, -0.2) is 4.98 Å². The van der Waals surface area contributed by atoms with Crippen LogP contribution in [0.3, 0.4) is 0 Å². The SMILES string of the molecule is CC(C)C1CCCN1c1nc(Cl)ncc1N. The van der Waals surface area contributed by atoms with Crippen molar-refractivity contribution in [3.63, 3.8) is 0 Å². The maximum absolute atomic E-state index is 5.91. The number of halogens is 1.